The third kappa shape index (κ3) is 2.01. The first-order chi connectivity index (χ1) is 7.31. The molecular weight excluding hydrogens is 193 g/mol. The van der Waals surface area contributed by atoms with Gasteiger partial charge in [0, 0.05) is 17.5 Å². The summed E-state index contributed by atoms with van der Waals surface area (Å²) in [5.41, 5.74) is 1.72. The third-order valence-corrected chi connectivity index (χ3v) is 2.14. The Kier molecular flexibility index (Phi) is 2.72. The first kappa shape index (κ1) is 9.77. The Morgan fingerprint density at radius 3 is 2.80 bits per heavy atom. The lowest BCUT2D eigenvalue weighted by atomic mass is 10.1. The van der Waals surface area contributed by atoms with Crippen LogP contribution in [0.5, 0.6) is 5.75 Å². The fourth-order valence-electron chi connectivity index (χ4n) is 1.45. The molecule has 0 spiro atoms. The number of ether oxygens (including phenoxy) is 1. The molecule has 1 aromatic heterocycles. The van der Waals surface area contributed by atoms with Gasteiger partial charge in [-0.25, -0.2) is 4.39 Å². The third-order valence-electron chi connectivity index (χ3n) is 2.14. The van der Waals surface area contributed by atoms with E-state index >= 15 is 0 Å². The molecule has 0 fully saturated rings. The van der Waals surface area contributed by atoms with Crippen molar-refractivity contribution in [3.05, 3.63) is 42.3 Å². The fourth-order valence-corrected chi connectivity index (χ4v) is 1.45. The van der Waals surface area contributed by atoms with Crippen molar-refractivity contribution in [2.45, 2.75) is 6.92 Å². The van der Waals surface area contributed by atoms with Crippen LogP contribution in [-0.2, 0) is 0 Å². The van der Waals surface area contributed by atoms with E-state index < -0.39 is 0 Å². The summed E-state index contributed by atoms with van der Waals surface area (Å²) in [5, 5.41) is 0. The lowest BCUT2D eigenvalue weighted by Gasteiger charge is -2.05. The monoisotopic (exact) mass is 205 g/mol. The number of hydrogen-bond donors (Lipinski definition) is 1. The maximum Gasteiger partial charge on any atom is 0.165 e. The van der Waals surface area contributed by atoms with Gasteiger partial charge < -0.3 is 9.72 Å². The molecular formula is C12H12FNO. The van der Waals surface area contributed by atoms with Gasteiger partial charge in [0.2, 0.25) is 0 Å². The molecule has 0 radical (unpaired) electrons. The van der Waals surface area contributed by atoms with Gasteiger partial charge in [-0.1, -0.05) is 0 Å². The van der Waals surface area contributed by atoms with E-state index in [1.54, 1.807) is 6.07 Å². The van der Waals surface area contributed by atoms with Crippen molar-refractivity contribution < 1.29 is 9.13 Å². The van der Waals surface area contributed by atoms with Crippen LogP contribution in [0.25, 0.3) is 11.3 Å². The molecule has 2 rings (SSSR count). The van der Waals surface area contributed by atoms with Crippen molar-refractivity contribution >= 4 is 0 Å². The highest BCUT2D eigenvalue weighted by molar-refractivity contribution is 5.60. The summed E-state index contributed by atoms with van der Waals surface area (Å²) >= 11 is 0. The minimum absolute atomic E-state index is 0.299. The number of aromatic nitrogens is 1. The molecule has 15 heavy (non-hydrogen) atoms. The van der Waals surface area contributed by atoms with Crippen LogP contribution < -0.4 is 4.74 Å². The predicted octanol–water partition coefficient (Wildman–Crippen LogP) is 3.22. The first-order valence-electron chi connectivity index (χ1n) is 4.87. The zero-order valence-corrected chi connectivity index (χ0v) is 8.46. The van der Waals surface area contributed by atoms with Gasteiger partial charge in [0.1, 0.15) is 0 Å². The molecule has 1 N–H and O–H groups in total. The number of rotatable bonds is 3. The SMILES string of the molecule is CCOc1ccc(-c2ccc[nH]2)cc1F. The Morgan fingerprint density at radius 1 is 1.33 bits per heavy atom. The molecule has 3 heteroatoms. The summed E-state index contributed by atoms with van der Waals surface area (Å²) < 4.78 is 18.6. The number of aromatic amines is 1. The molecule has 2 aromatic rings. The van der Waals surface area contributed by atoms with Crippen LogP contribution in [0.15, 0.2) is 36.5 Å². The van der Waals surface area contributed by atoms with E-state index in [0.29, 0.717) is 12.4 Å². The Hall–Kier alpha value is -1.77. The second kappa shape index (κ2) is 4.17. The molecule has 0 saturated heterocycles. The Bertz CT molecular complexity index is 437. The van der Waals surface area contributed by atoms with Gasteiger partial charge in [0.25, 0.3) is 0 Å². The summed E-state index contributed by atoms with van der Waals surface area (Å²) in [7, 11) is 0. The highest BCUT2D eigenvalue weighted by Gasteiger charge is 2.05. The van der Waals surface area contributed by atoms with E-state index in [9.17, 15) is 4.39 Å². The zero-order chi connectivity index (χ0) is 10.7. The molecule has 2 nitrogen and oxygen atoms in total. The van der Waals surface area contributed by atoms with E-state index in [2.05, 4.69) is 4.98 Å². The predicted molar refractivity (Wildman–Crippen MR) is 57.4 cm³/mol. The second-order valence-electron chi connectivity index (χ2n) is 3.16. The largest absolute Gasteiger partial charge is 0.491 e. The number of H-pyrrole nitrogens is 1. The maximum atomic E-state index is 13.5. The minimum atomic E-state index is -0.330. The van der Waals surface area contributed by atoms with E-state index in [1.165, 1.54) is 6.07 Å². The summed E-state index contributed by atoms with van der Waals surface area (Å²) in [6.07, 6.45) is 1.81. The van der Waals surface area contributed by atoms with Crippen molar-refractivity contribution in [2.75, 3.05) is 6.61 Å². The second-order valence-corrected chi connectivity index (χ2v) is 3.16. The van der Waals surface area contributed by atoms with Crippen LogP contribution in [0.2, 0.25) is 0 Å². The van der Waals surface area contributed by atoms with Crippen molar-refractivity contribution in [3.63, 3.8) is 0 Å². The van der Waals surface area contributed by atoms with Crippen LogP contribution in [-0.4, -0.2) is 11.6 Å². The van der Waals surface area contributed by atoms with E-state index in [-0.39, 0.29) is 5.82 Å². The molecule has 0 aliphatic rings. The van der Waals surface area contributed by atoms with Crippen molar-refractivity contribution in [1.29, 1.82) is 0 Å². The summed E-state index contributed by atoms with van der Waals surface area (Å²) in [5.74, 6) is -0.0308. The van der Waals surface area contributed by atoms with E-state index in [1.807, 2.05) is 31.3 Å². The molecule has 0 bridgehead atoms. The van der Waals surface area contributed by atoms with Crippen LogP contribution >= 0.6 is 0 Å². The molecule has 0 unspecified atom stereocenters. The lowest BCUT2D eigenvalue weighted by Crippen LogP contribution is -1.94. The van der Waals surface area contributed by atoms with Gasteiger partial charge >= 0.3 is 0 Å². The van der Waals surface area contributed by atoms with Gasteiger partial charge in [-0.05, 0) is 37.3 Å². The molecule has 0 atom stereocenters. The number of nitrogens with one attached hydrogen (secondary N) is 1. The van der Waals surface area contributed by atoms with Crippen LogP contribution in [0, 0.1) is 5.82 Å². The highest BCUT2D eigenvalue weighted by atomic mass is 19.1. The van der Waals surface area contributed by atoms with Gasteiger partial charge in [-0.15, -0.1) is 0 Å². The molecule has 1 heterocycles. The standard InChI is InChI=1S/C12H12FNO/c1-2-15-12-6-5-9(8-10(12)13)11-4-3-7-14-11/h3-8,14H,2H2,1H3. The Labute approximate surface area is 87.7 Å². The summed E-state index contributed by atoms with van der Waals surface area (Å²) in [4.78, 5) is 3.02. The topological polar surface area (TPSA) is 25.0 Å². The van der Waals surface area contributed by atoms with E-state index in [0.717, 1.165) is 11.3 Å². The quantitative estimate of drug-likeness (QED) is 0.817. The van der Waals surface area contributed by atoms with Crippen molar-refractivity contribution in [2.24, 2.45) is 0 Å². The van der Waals surface area contributed by atoms with Crippen LogP contribution in [0.3, 0.4) is 0 Å². The smallest absolute Gasteiger partial charge is 0.165 e. The lowest BCUT2D eigenvalue weighted by molar-refractivity contribution is 0.321. The number of halogens is 1. The minimum Gasteiger partial charge on any atom is -0.491 e. The summed E-state index contributed by atoms with van der Waals surface area (Å²) in [6, 6.07) is 8.73. The summed E-state index contributed by atoms with van der Waals surface area (Å²) in [6.45, 7) is 2.30. The molecule has 0 saturated carbocycles. The van der Waals surface area contributed by atoms with Gasteiger partial charge in [-0.2, -0.15) is 0 Å². The molecule has 1 aromatic carbocycles. The van der Waals surface area contributed by atoms with Gasteiger partial charge in [-0.3, -0.25) is 0 Å². The van der Waals surface area contributed by atoms with Crippen molar-refractivity contribution in [3.8, 4) is 17.0 Å². The van der Waals surface area contributed by atoms with E-state index in [4.69, 9.17) is 4.74 Å². The van der Waals surface area contributed by atoms with Crippen LogP contribution in [0.4, 0.5) is 4.39 Å². The molecule has 0 aliphatic carbocycles. The molecule has 78 valence electrons. The van der Waals surface area contributed by atoms with Crippen LogP contribution in [0.1, 0.15) is 6.92 Å². The average Bonchev–Trinajstić information content (AvgIpc) is 2.74. The Balaban J connectivity index is 2.33. The molecule has 0 amide bonds. The average molecular weight is 205 g/mol. The molecule has 0 aliphatic heterocycles. The first-order valence-corrected chi connectivity index (χ1v) is 4.87. The van der Waals surface area contributed by atoms with Gasteiger partial charge in [0.05, 0.1) is 6.61 Å². The normalized spacial score (nSPS) is 10.3. The zero-order valence-electron chi connectivity index (χ0n) is 8.46. The highest BCUT2D eigenvalue weighted by Crippen LogP contribution is 2.24. The maximum absolute atomic E-state index is 13.5. The number of hydrogen-bond acceptors (Lipinski definition) is 1. The fraction of sp³-hybridized carbons (Fsp3) is 0.167. The van der Waals surface area contributed by atoms with Crippen molar-refractivity contribution in [1.82, 2.24) is 4.98 Å². The van der Waals surface area contributed by atoms with Gasteiger partial charge in [0.15, 0.2) is 11.6 Å². The Morgan fingerprint density at radius 2 is 2.20 bits per heavy atom. The number of benzene rings is 1.